The molecule has 0 amide bonds. The van der Waals surface area contributed by atoms with Gasteiger partial charge in [0.05, 0.1) is 12.7 Å². The van der Waals surface area contributed by atoms with Gasteiger partial charge in [0, 0.05) is 26.2 Å². The zero-order chi connectivity index (χ0) is 8.10. The topological polar surface area (TPSA) is 38.7 Å². The number of hydrogen-bond donors (Lipinski definition) is 1. The SMILES string of the molecule is COCCC1COCCC1O. The van der Waals surface area contributed by atoms with Crippen LogP contribution in [0.2, 0.25) is 0 Å². The van der Waals surface area contributed by atoms with Crippen LogP contribution in [0.25, 0.3) is 0 Å². The van der Waals surface area contributed by atoms with Crippen molar-refractivity contribution in [3.63, 3.8) is 0 Å². The third-order valence-corrected chi connectivity index (χ3v) is 2.13. The van der Waals surface area contributed by atoms with E-state index in [4.69, 9.17) is 9.47 Å². The van der Waals surface area contributed by atoms with Crippen LogP contribution in [0.5, 0.6) is 0 Å². The van der Waals surface area contributed by atoms with Crippen LogP contribution in [-0.4, -0.2) is 38.1 Å². The summed E-state index contributed by atoms with van der Waals surface area (Å²) in [6, 6.07) is 0. The number of ether oxygens (including phenoxy) is 2. The van der Waals surface area contributed by atoms with E-state index >= 15 is 0 Å². The van der Waals surface area contributed by atoms with Gasteiger partial charge in [-0.2, -0.15) is 0 Å². The lowest BCUT2D eigenvalue weighted by molar-refractivity contribution is -0.0446. The number of hydrogen-bond acceptors (Lipinski definition) is 3. The van der Waals surface area contributed by atoms with Gasteiger partial charge < -0.3 is 14.6 Å². The maximum Gasteiger partial charge on any atom is 0.0613 e. The van der Waals surface area contributed by atoms with Gasteiger partial charge in [0.2, 0.25) is 0 Å². The van der Waals surface area contributed by atoms with Gasteiger partial charge in [-0.05, 0) is 12.8 Å². The molecule has 1 heterocycles. The quantitative estimate of drug-likeness (QED) is 0.650. The molecule has 1 aliphatic rings. The second-order valence-corrected chi connectivity index (χ2v) is 2.97. The number of rotatable bonds is 3. The average molecular weight is 160 g/mol. The van der Waals surface area contributed by atoms with Gasteiger partial charge in [0.25, 0.3) is 0 Å². The summed E-state index contributed by atoms with van der Waals surface area (Å²) in [6.07, 6.45) is 1.49. The summed E-state index contributed by atoms with van der Waals surface area (Å²) in [5.41, 5.74) is 0. The first-order chi connectivity index (χ1) is 5.34. The van der Waals surface area contributed by atoms with Crippen molar-refractivity contribution in [1.29, 1.82) is 0 Å². The summed E-state index contributed by atoms with van der Waals surface area (Å²) in [7, 11) is 1.68. The Bertz CT molecular complexity index is 106. The first kappa shape index (κ1) is 8.97. The highest BCUT2D eigenvalue weighted by atomic mass is 16.5. The van der Waals surface area contributed by atoms with Crippen LogP contribution in [0.3, 0.4) is 0 Å². The molecule has 0 radical (unpaired) electrons. The first-order valence-corrected chi connectivity index (χ1v) is 4.09. The Hall–Kier alpha value is -0.120. The van der Waals surface area contributed by atoms with Crippen molar-refractivity contribution >= 4 is 0 Å². The molecule has 0 bridgehead atoms. The molecule has 3 nitrogen and oxygen atoms in total. The third kappa shape index (κ3) is 2.77. The Morgan fingerprint density at radius 2 is 2.45 bits per heavy atom. The van der Waals surface area contributed by atoms with Crippen molar-refractivity contribution in [1.82, 2.24) is 0 Å². The van der Waals surface area contributed by atoms with Gasteiger partial charge in [-0.25, -0.2) is 0 Å². The van der Waals surface area contributed by atoms with Crippen molar-refractivity contribution < 1.29 is 14.6 Å². The normalized spacial score (nSPS) is 32.2. The van der Waals surface area contributed by atoms with E-state index in [9.17, 15) is 5.11 Å². The first-order valence-electron chi connectivity index (χ1n) is 4.09. The van der Waals surface area contributed by atoms with Crippen molar-refractivity contribution in [2.45, 2.75) is 18.9 Å². The van der Waals surface area contributed by atoms with Crippen LogP contribution < -0.4 is 0 Å². The zero-order valence-electron chi connectivity index (χ0n) is 6.95. The number of aliphatic hydroxyl groups is 1. The lowest BCUT2D eigenvalue weighted by atomic mass is 9.96. The standard InChI is InChI=1S/C8H16O3/c1-10-4-2-7-6-11-5-3-8(7)9/h7-9H,2-6H2,1H3. The molecular formula is C8H16O3. The van der Waals surface area contributed by atoms with E-state index in [1.165, 1.54) is 0 Å². The Morgan fingerprint density at radius 3 is 3.09 bits per heavy atom. The van der Waals surface area contributed by atoms with Gasteiger partial charge >= 0.3 is 0 Å². The van der Waals surface area contributed by atoms with Crippen LogP contribution in [0.15, 0.2) is 0 Å². The fourth-order valence-electron chi connectivity index (χ4n) is 1.33. The highest BCUT2D eigenvalue weighted by Gasteiger charge is 2.22. The van der Waals surface area contributed by atoms with Gasteiger partial charge in [0.1, 0.15) is 0 Å². The molecule has 1 N–H and O–H groups in total. The van der Waals surface area contributed by atoms with Gasteiger partial charge in [-0.3, -0.25) is 0 Å². The van der Waals surface area contributed by atoms with E-state index in [1.54, 1.807) is 7.11 Å². The molecule has 3 heteroatoms. The Kier molecular flexibility index (Phi) is 3.83. The van der Waals surface area contributed by atoms with E-state index < -0.39 is 0 Å². The van der Waals surface area contributed by atoms with Crippen molar-refractivity contribution in [3.05, 3.63) is 0 Å². The van der Waals surface area contributed by atoms with Crippen LogP contribution in [0.4, 0.5) is 0 Å². The predicted octanol–water partition coefficient (Wildman–Crippen LogP) is 0.420. The minimum atomic E-state index is -0.182. The van der Waals surface area contributed by atoms with Crippen molar-refractivity contribution in [2.24, 2.45) is 5.92 Å². The Labute approximate surface area is 67.3 Å². The minimum Gasteiger partial charge on any atom is -0.393 e. The van der Waals surface area contributed by atoms with Crippen molar-refractivity contribution in [3.8, 4) is 0 Å². The van der Waals surface area contributed by atoms with E-state index in [1.807, 2.05) is 0 Å². The lowest BCUT2D eigenvalue weighted by Gasteiger charge is -2.27. The van der Waals surface area contributed by atoms with Crippen LogP contribution >= 0.6 is 0 Å². The maximum atomic E-state index is 9.46. The molecule has 1 saturated heterocycles. The Balaban J connectivity index is 2.18. The van der Waals surface area contributed by atoms with Gasteiger partial charge in [0.15, 0.2) is 0 Å². The van der Waals surface area contributed by atoms with Crippen molar-refractivity contribution in [2.75, 3.05) is 26.9 Å². The fraction of sp³-hybridized carbons (Fsp3) is 1.00. The molecule has 0 saturated carbocycles. The molecule has 0 spiro atoms. The average Bonchev–Trinajstić information content (AvgIpc) is 2.03. The molecule has 2 unspecified atom stereocenters. The largest absolute Gasteiger partial charge is 0.393 e. The molecule has 2 atom stereocenters. The van der Waals surface area contributed by atoms with Gasteiger partial charge in [-0.1, -0.05) is 0 Å². The van der Waals surface area contributed by atoms with E-state index in [0.717, 1.165) is 12.8 Å². The highest BCUT2D eigenvalue weighted by Crippen LogP contribution is 2.17. The molecule has 0 aromatic carbocycles. The second-order valence-electron chi connectivity index (χ2n) is 2.97. The molecule has 0 aromatic rings. The maximum absolute atomic E-state index is 9.46. The summed E-state index contributed by atoms with van der Waals surface area (Å²) < 4.78 is 10.2. The molecule has 0 aliphatic carbocycles. The molecular weight excluding hydrogens is 144 g/mol. The summed E-state index contributed by atoms with van der Waals surface area (Å²) in [5.74, 6) is 0.281. The smallest absolute Gasteiger partial charge is 0.0613 e. The molecule has 1 aliphatic heterocycles. The summed E-state index contributed by atoms with van der Waals surface area (Å²) in [5, 5.41) is 9.46. The molecule has 11 heavy (non-hydrogen) atoms. The van der Waals surface area contributed by atoms with E-state index in [0.29, 0.717) is 19.8 Å². The summed E-state index contributed by atoms with van der Waals surface area (Å²) in [4.78, 5) is 0. The van der Waals surface area contributed by atoms with Gasteiger partial charge in [-0.15, -0.1) is 0 Å². The Morgan fingerprint density at radius 1 is 1.64 bits per heavy atom. The van der Waals surface area contributed by atoms with Crippen LogP contribution in [0, 0.1) is 5.92 Å². The third-order valence-electron chi connectivity index (χ3n) is 2.13. The summed E-state index contributed by atoms with van der Waals surface area (Å²) in [6.45, 7) is 2.10. The monoisotopic (exact) mass is 160 g/mol. The predicted molar refractivity (Wildman–Crippen MR) is 41.4 cm³/mol. The fourth-order valence-corrected chi connectivity index (χ4v) is 1.33. The molecule has 0 aromatic heterocycles. The molecule has 1 fully saturated rings. The van der Waals surface area contributed by atoms with Crippen LogP contribution in [0.1, 0.15) is 12.8 Å². The molecule has 1 rings (SSSR count). The number of aliphatic hydroxyl groups excluding tert-OH is 1. The van der Waals surface area contributed by atoms with E-state index in [2.05, 4.69) is 0 Å². The highest BCUT2D eigenvalue weighted by molar-refractivity contribution is 4.71. The summed E-state index contributed by atoms with van der Waals surface area (Å²) >= 11 is 0. The van der Waals surface area contributed by atoms with E-state index in [-0.39, 0.29) is 12.0 Å². The minimum absolute atomic E-state index is 0.182. The molecule has 66 valence electrons. The number of methoxy groups -OCH3 is 1. The van der Waals surface area contributed by atoms with Crippen LogP contribution in [-0.2, 0) is 9.47 Å². The lowest BCUT2D eigenvalue weighted by Crippen LogP contribution is -2.32. The zero-order valence-corrected chi connectivity index (χ0v) is 6.95. The second kappa shape index (κ2) is 4.70.